The van der Waals surface area contributed by atoms with E-state index in [0.29, 0.717) is 11.6 Å². The fraction of sp³-hybridized carbons (Fsp3) is 0.167. The number of carbonyl (C=O) groups is 1. The molecule has 0 aliphatic heterocycles. The van der Waals surface area contributed by atoms with E-state index in [9.17, 15) is 13.2 Å². The average molecular weight is 421 g/mol. The van der Waals surface area contributed by atoms with E-state index in [2.05, 4.69) is 20.5 Å². The van der Waals surface area contributed by atoms with Gasteiger partial charge in [-0.1, -0.05) is 11.6 Å². The highest BCUT2D eigenvalue weighted by atomic mass is 35.5. The van der Waals surface area contributed by atoms with Gasteiger partial charge in [0.05, 0.1) is 23.6 Å². The summed E-state index contributed by atoms with van der Waals surface area (Å²) in [5.74, 6) is 1.21. The van der Waals surface area contributed by atoms with E-state index in [-0.39, 0.29) is 22.0 Å². The van der Waals surface area contributed by atoms with Crippen molar-refractivity contribution < 1.29 is 17.9 Å². The lowest BCUT2D eigenvalue weighted by Crippen LogP contribution is -2.23. The first-order valence-electron chi connectivity index (χ1n) is 8.11. The van der Waals surface area contributed by atoms with Gasteiger partial charge >= 0.3 is 0 Å². The molecule has 0 aliphatic rings. The highest BCUT2D eigenvalue weighted by molar-refractivity contribution is 7.90. The van der Waals surface area contributed by atoms with Gasteiger partial charge in [0.25, 0.3) is 5.91 Å². The van der Waals surface area contributed by atoms with Crippen molar-refractivity contribution in [3.63, 3.8) is 0 Å². The van der Waals surface area contributed by atoms with Crippen LogP contribution in [-0.2, 0) is 16.4 Å². The van der Waals surface area contributed by atoms with Gasteiger partial charge in [-0.3, -0.25) is 9.89 Å². The molecule has 0 radical (unpaired) electrons. The predicted molar refractivity (Wildman–Crippen MR) is 104 cm³/mol. The molecule has 1 aromatic heterocycles. The van der Waals surface area contributed by atoms with Crippen LogP contribution < -0.4 is 10.1 Å². The number of hydrogen-bond donors (Lipinski definition) is 2. The number of ether oxygens (including phenoxy) is 1. The van der Waals surface area contributed by atoms with Crippen LogP contribution in [0.5, 0.6) is 5.75 Å². The zero-order valence-corrected chi connectivity index (χ0v) is 16.6. The second kappa shape index (κ2) is 7.99. The first kappa shape index (κ1) is 19.8. The molecule has 0 saturated carbocycles. The molecular formula is C18H17ClN4O4S. The number of rotatable bonds is 6. The van der Waals surface area contributed by atoms with Gasteiger partial charge in [-0.15, -0.1) is 0 Å². The summed E-state index contributed by atoms with van der Waals surface area (Å²) >= 11 is 5.90. The Labute approximate surface area is 166 Å². The van der Waals surface area contributed by atoms with Crippen molar-refractivity contribution in [1.29, 1.82) is 0 Å². The van der Waals surface area contributed by atoms with E-state index < -0.39 is 15.7 Å². The van der Waals surface area contributed by atoms with Gasteiger partial charge in [-0.2, -0.15) is 5.10 Å². The topological polar surface area (TPSA) is 114 Å². The second-order valence-electron chi connectivity index (χ2n) is 5.93. The van der Waals surface area contributed by atoms with E-state index in [4.69, 9.17) is 16.3 Å². The largest absolute Gasteiger partial charge is 0.497 e. The zero-order chi connectivity index (χ0) is 20.3. The fourth-order valence-electron chi connectivity index (χ4n) is 2.44. The minimum absolute atomic E-state index is 0.0680. The quantitative estimate of drug-likeness (QED) is 0.633. The Kier molecular flexibility index (Phi) is 5.66. The van der Waals surface area contributed by atoms with Crippen LogP contribution in [0.15, 0.2) is 47.4 Å². The molecule has 0 unspecified atom stereocenters. The number of nitrogens with one attached hydrogen (secondary N) is 2. The summed E-state index contributed by atoms with van der Waals surface area (Å²) in [6, 6.07) is 11.3. The number of halogens is 1. The van der Waals surface area contributed by atoms with E-state index >= 15 is 0 Å². The van der Waals surface area contributed by atoms with Crippen LogP contribution in [0, 0.1) is 0 Å². The van der Waals surface area contributed by atoms with Crippen molar-refractivity contribution in [1.82, 2.24) is 20.5 Å². The monoisotopic (exact) mass is 420 g/mol. The maximum absolute atomic E-state index is 12.3. The molecule has 0 fully saturated rings. The van der Waals surface area contributed by atoms with Crippen LogP contribution in [-0.4, -0.2) is 42.9 Å². The smallest absolute Gasteiger partial charge is 0.251 e. The molecule has 0 saturated heterocycles. The lowest BCUT2D eigenvalue weighted by Gasteiger charge is -2.06. The third kappa shape index (κ3) is 4.49. The number of H-pyrrole nitrogens is 1. The van der Waals surface area contributed by atoms with Crippen molar-refractivity contribution in [3.05, 3.63) is 58.9 Å². The SMILES string of the molecule is COc1ccc(-c2n[nH]c(CNC(=O)c3ccc(Cl)c(S(C)(=O)=O)c3)n2)cc1. The first-order valence-corrected chi connectivity index (χ1v) is 10.4. The van der Waals surface area contributed by atoms with Crippen LogP contribution >= 0.6 is 11.6 Å². The van der Waals surface area contributed by atoms with E-state index in [0.717, 1.165) is 17.6 Å². The Bertz CT molecular complexity index is 1110. The first-order chi connectivity index (χ1) is 13.3. The zero-order valence-electron chi connectivity index (χ0n) is 15.1. The lowest BCUT2D eigenvalue weighted by atomic mass is 10.2. The van der Waals surface area contributed by atoms with Gasteiger partial charge in [-0.05, 0) is 42.5 Å². The van der Waals surface area contributed by atoms with Crippen molar-refractivity contribution in [2.75, 3.05) is 13.4 Å². The summed E-state index contributed by atoms with van der Waals surface area (Å²) in [5, 5.41) is 9.62. The Hall–Kier alpha value is -2.91. The maximum Gasteiger partial charge on any atom is 0.251 e. The molecule has 2 N–H and O–H groups in total. The molecule has 10 heteroatoms. The molecule has 28 heavy (non-hydrogen) atoms. The third-order valence-electron chi connectivity index (χ3n) is 3.89. The fourth-order valence-corrected chi connectivity index (χ4v) is 3.74. The number of sulfone groups is 1. The summed E-state index contributed by atoms with van der Waals surface area (Å²) in [4.78, 5) is 16.6. The van der Waals surface area contributed by atoms with Gasteiger partial charge < -0.3 is 10.1 Å². The Morgan fingerprint density at radius 2 is 1.93 bits per heavy atom. The minimum atomic E-state index is -3.54. The van der Waals surface area contributed by atoms with Gasteiger partial charge in [0.1, 0.15) is 11.6 Å². The molecule has 146 valence electrons. The highest BCUT2D eigenvalue weighted by Gasteiger charge is 2.16. The molecule has 1 heterocycles. The Balaban J connectivity index is 1.69. The molecule has 0 aliphatic carbocycles. The molecule has 0 spiro atoms. The van der Waals surface area contributed by atoms with E-state index in [1.807, 2.05) is 12.1 Å². The van der Waals surface area contributed by atoms with Gasteiger partial charge in [0, 0.05) is 17.4 Å². The van der Waals surface area contributed by atoms with E-state index in [1.54, 1.807) is 19.2 Å². The summed E-state index contributed by atoms with van der Waals surface area (Å²) < 4.78 is 28.6. The second-order valence-corrected chi connectivity index (χ2v) is 8.33. The number of aromatic nitrogens is 3. The lowest BCUT2D eigenvalue weighted by molar-refractivity contribution is 0.0949. The van der Waals surface area contributed by atoms with Crippen LogP contribution in [0.25, 0.3) is 11.4 Å². The number of amides is 1. The Morgan fingerprint density at radius 1 is 1.21 bits per heavy atom. The van der Waals surface area contributed by atoms with Crippen molar-refractivity contribution in [3.8, 4) is 17.1 Å². The molecule has 0 bridgehead atoms. The molecule has 3 aromatic rings. The van der Waals surface area contributed by atoms with Crippen LogP contribution in [0.3, 0.4) is 0 Å². The predicted octanol–water partition coefficient (Wildman–Crippen LogP) is 2.47. The molecule has 8 nitrogen and oxygen atoms in total. The average Bonchev–Trinajstić information content (AvgIpc) is 3.14. The number of carbonyl (C=O) groups excluding carboxylic acids is 1. The minimum Gasteiger partial charge on any atom is -0.497 e. The van der Waals surface area contributed by atoms with Crippen LogP contribution in [0.2, 0.25) is 5.02 Å². The number of methoxy groups -OCH3 is 1. The number of hydrogen-bond acceptors (Lipinski definition) is 6. The van der Waals surface area contributed by atoms with Crippen molar-refractivity contribution in [2.45, 2.75) is 11.4 Å². The van der Waals surface area contributed by atoms with Gasteiger partial charge in [0.2, 0.25) is 0 Å². The summed E-state index contributed by atoms with van der Waals surface area (Å²) in [6.07, 6.45) is 1.03. The van der Waals surface area contributed by atoms with Gasteiger partial charge in [-0.25, -0.2) is 13.4 Å². The molecule has 3 rings (SSSR count). The summed E-state index contributed by atoms with van der Waals surface area (Å²) in [6.45, 7) is 0.0961. The van der Waals surface area contributed by atoms with Crippen LogP contribution in [0.4, 0.5) is 0 Å². The van der Waals surface area contributed by atoms with E-state index in [1.165, 1.54) is 18.2 Å². The molecule has 2 aromatic carbocycles. The number of aromatic amines is 1. The number of nitrogens with zero attached hydrogens (tertiary/aromatic N) is 2. The molecular weight excluding hydrogens is 404 g/mol. The molecule has 0 atom stereocenters. The number of benzene rings is 2. The maximum atomic E-state index is 12.3. The van der Waals surface area contributed by atoms with Crippen LogP contribution in [0.1, 0.15) is 16.2 Å². The molecule has 1 amide bonds. The van der Waals surface area contributed by atoms with Gasteiger partial charge in [0.15, 0.2) is 15.7 Å². The third-order valence-corrected chi connectivity index (χ3v) is 5.47. The standard InChI is InChI=1S/C18H17ClN4O4S/c1-27-13-6-3-11(4-7-13)17-21-16(22-23-17)10-20-18(24)12-5-8-14(19)15(9-12)28(2,25)26/h3-9H,10H2,1-2H3,(H,20,24)(H,21,22,23). The highest BCUT2D eigenvalue weighted by Crippen LogP contribution is 2.23. The summed E-state index contributed by atoms with van der Waals surface area (Å²) in [7, 11) is -1.95. The summed E-state index contributed by atoms with van der Waals surface area (Å²) in [5.41, 5.74) is 0.977. The Morgan fingerprint density at radius 3 is 2.57 bits per heavy atom. The van der Waals surface area contributed by atoms with Crippen molar-refractivity contribution in [2.24, 2.45) is 0 Å². The normalized spacial score (nSPS) is 11.2. The van der Waals surface area contributed by atoms with Crippen molar-refractivity contribution >= 4 is 27.3 Å².